The predicted molar refractivity (Wildman–Crippen MR) is 74.3 cm³/mol. The van der Waals surface area contributed by atoms with E-state index in [0.717, 1.165) is 24.1 Å². The summed E-state index contributed by atoms with van der Waals surface area (Å²) in [5.41, 5.74) is 0. The Hall–Kier alpha value is -0.710. The quantitative estimate of drug-likeness (QED) is 0.771. The van der Waals surface area contributed by atoms with Gasteiger partial charge in [-0.3, -0.25) is 9.69 Å². The largest absolute Gasteiger partial charge is 0.395 e. The third-order valence-electron chi connectivity index (χ3n) is 3.61. The number of carbonyl (C=O) groups is 1. The monoisotopic (exact) mass is 267 g/mol. The Morgan fingerprint density at radius 3 is 2.78 bits per heavy atom. The Bertz CT molecular complexity index is 398. The molecule has 1 fully saturated rings. The van der Waals surface area contributed by atoms with Crippen LogP contribution in [0, 0.1) is 0 Å². The third-order valence-corrected chi connectivity index (χ3v) is 4.88. The van der Waals surface area contributed by atoms with Crippen molar-refractivity contribution in [3.8, 4) is 0 Å². The molecule has 1 saturated carbocycles. The van der Waals surface area contributed by atoms with Crippen LogP contribution in [-0.2, 0) is 6.42 Å². The Labute approximate surface area is 112 Å². The molecular weight excluding hydrogens is 246 g/mol. The lowest BCUT2D eigenvalue weighted by atomic mass is 9.91. The summed E-state index contributed by atoms with van der Waals surface area (Å²) >= 11 is 1.60. The van der Waals surface area contributed by atoms with Crippen LogP contribution in [0.15, 0.2) is 12.1 Å². The van der Waals surface area contributed by atoms with Gasteiger partial charge in [0.15, 0.2) is 5.78 Å². The summed E-state index contributed by atoms with van der Waals surface area (Å²) < 4.78 is 0. The van der Waals surface area contributed by atoms with Gasteiger partial charge in [0.1, 0.15) is 0 Å². The number of rotatable bonds is 7. The number of aliphatic hydroxyl groups excluding tert-OH is 1. The molecule has 0 aromatic carbocycles. The van der Waals surface area contributed by atoms with Gasteiger partial charge in [-0.05, 0) is 31.4 Å². The molecule has 18 heavy (non-hydrogen) atoms. The lowest BCUT2D eigenvalue weighted by molar-refractivity contribution is 0.0750. The van der Waals surface area contributed by atoms with Crippen LogP contribution in [0.3, 0.4) is 0 Å². The van der Waals surface area contributed by atoms with Crippen LogP contribution in [0.2, 0.25) is 0 Å². The van der Waals surface area contributed by atoms with Gasteiger partial charge in [-0.1, -0.05) is 13.3 Å². The molecule has 100 valence electrons. The van der Waals surface area contributed by atoms with Gasteiger partial charge >= 0.3 is 0 Å². The van der Waals surface area contributed by atoms with Crippen molar-refractivity contribution in [2.75, 3.05) is 19.7 Å². The van der Waals surface area contributed by atoms with Crippen molar-refractivity contribution in [2.45, 2.75) is 38.6 Å². The first kappa shape index (κ1) is 13.7. The van der Waals surface area contributed by atoms with Gasteiger partial charge in [0.05, 0.1) is 18.0 Å². The molecule has 0 bridgehead atoms. The van der Waals surface area contributed by atoms with E-state index in [1.807, 2.05) is 12.1 Å². The molecular formula is C14H21NO2S. The maximum atomic E-state index is 12.2. The summed E-state index contributed by atoms with van der Waals surface area (Å²) in [5.74, 6) is 0.194. The molecule has 0 saturated heterocycles. The number of ketones is 1. The van der Waals surface area contributed by atoms with E-state index in [4.69, 9.17) is 5.11 Å². The highest BCUT2D eigenvalue weighted by Crippen LogP contribution is 2.25. The van der Waals surface area contributed by atoms with E-state index >= 15 is 0 Å². The summed E-state index contributed by atoms with van der Waals surface area (Å²) in [5, 5.41) is 9.08. The van der Waals surface area contributed by atoms with Crippen molar-refractivity contribution >= 4 is 17.1 Å². The van der Waals surface area contributed by atoms with Crippen LogP contribution in [-0.4, -0.2) is 41.5 Å². The molecule has 1 aromatic rings. The average Bonchev–Trinajstić information content (AvgIpc) is 2.75. The minimum Gasteiger partial charge on any atom is -0.395 e. The molecule has 0 atom stereocenters. The fourth-order valence-electron chi connectivity index (χ4n) is 2.25. The van der Waals surface area contributed by atoms with E-state index in [9.17, 15) is 4.79 Å². The minimum absolute atomic E-state index is 0.133. The molecule has 0 unspecified atom stereocenters. The maximum Gasteiger partial charge on any atom is 0.186 e. The molecule has 0 aliphatic heterocycles. The van der Waals surface area contributed by atoms with E-state index in [-0.39, 0.29) is 12.4 Å². The van der Waals surface area contributed by atoms with Gasteiger partial charge in [-0.15, -0.1) is 11.3 Å². The van der Waals surface area contributed by atoms with Crippen LogP contribution in [0.1, 0.15) is 40.7 Å². The van der Waals surface area contributed by atoms with Crippen LogP contribution < -0.4 is 0 Å². The lowest BCUT2D eigenvalue weighted by Gasteiger charge is -2.36. The molecule has 2 rings (SSSR count). The minimum atomic E-state index is 0.133. The van der Waals surface area contributed by atoms with Gasteiger partial charge in [0.2, 0.25) is 0 Å². The average molecular weight is 267 g/mol. The normalized spacial score (nSPS) is 15.9. The highest BCUT2D eigenvalue weighted by Gasteiger charge is 2.26. The molecule has 1 aromatic heterocycles. The highest BCUT2D eigenvalue weighted by molar-refractivity contribution is 7.14. The van der Waals surface area contributed by atoms with Crippen molar-refractivity contribution in [2.24, 2.45) is 0 Å². The Kier molecular flexibility index (Phi) is 4.92. The second-order valence-corrected chi connectivity index (χ2v) is 5.99. The third kappa shape index (κ3) is 3.19. The van der Waals surface area contributed by atoms with Gasteiger partial charge in [-0.2, -0.15) is 0 Å². The number of hydrogen-bond acceptors (Lipinski definition) is 4. The topological polar surface area (TPSA) is 40.5 Å². The molecule has 1 N–H and O–H groups in total. The molecule has 4 heteroatoms. The molecule has 3 nitrogen and oxygen atoms in total. The lowest BCUT2D eigenvalue weighted by Crippen LogP contribution is -2.44. The molecule has 0 radical (unpaired) electrons. The SMILES string of the molecule is CCc1ccc(C(=O)CN(CCO)C2CCC2)s1. The van der Waals surface area contributed by atoms with E-state index < -0.39 is 0 Å². The second-order valence-electron chi connectivity index (χ2n) is 4.82. The van der Waals surface area contributed by atoms with Crippen molar-refractivity contribution in [3.05, 3.63) is 21.9 Å². The number of Topliss-reactive ketones (excluding diaryl/α,β-unsaturated/α-hetero) is 1. The van der Waals surface area contributed by atoms with E-state index in [0.29, 0.717) is 19.1 Å². The maximum absolute atomic E-state index is 12.2. The summed E-state index contributed by atoms with van der Waals surface area (Å²) in [6, 6.07) is 4.48. The highest BCUT2D eigenvalue weighted by atomic mass is 32.1. The Morgan fingerprint density at radius 2 is 2.28 bits per heavy atom. The summed E-state index contributed by atoms with van der Waals surface area (Å²) in [4.78, 5) is 16.4. The summed E-state index contributed by atoms with van der Waals surface area (Å²) in [6.07, 6.45) is 4.57. The first-order valence-corrected chi connectivity index (χ1v) is 7.53. The zero-order chi connectivity index (χ0) is 13.0. The standard InChI is InChI=1S/C14H21NO2S/c1-2-12-6-7-14(18-12)13(17)10-15(8-9-16)11-4-3-5-11/h6-7,11,16H,2-5,8-10H2,1H3. The van der Waals surface area contributed by atoms with Crippen molar-refractivity contribution in [1.29, 1.82) is 0 Å². The fourth-order valence-corrected chi connectivity index (χ4v) is 3.13. The van der Waals surface area contributed by atoms with Crippen molar-refractivity contribution < 1.29 is 9.90 Å². The van der Waals surface area contributed by atoms with Gasteiger partial charge < -0.3 is 5.11 Å². The van der Waals surface area contributed by atoms with Crippen LogP contribution in [0.4, 0.5) is 0 Å². The first-order chi connectivity index (χ1) is 8.74. The van der Waals surface area contributed by atoms with E-state index in [2.05, 4.69) is 11.8 Å². The van der Waals surface area contributed by atoms with E-state index in [1.54, 1.807) is 11.3 Å². The molecule has 0 amide bonds. The molecule has 1 heterocycles. The summed E-state index contributed by atoms with van der Waals surface area (Å²) in [6.45, 7) is 3.30. The predicted octanol–water partition coefficient (Wildman–Crippen LogP) is 2.34. The zero-order valence-corrected chi connectivity index (χ0v) is 11.7. The number of aliphatic hydroxyl groups is 1. The van der Waals surface area contributed by atoms with Crippen LogP contribution >= 0.6 is 11.3 Å². The van der Waals surface area contributed by atoms with Crippen molar-refractivity contribution in [3.63, 3.8) is 0 Å². The van der Waals surface area contributed by atoms with Gasteiger partial charge in [0.25, 0.3) is 0 Å². The number of carbonyl (C=O) groups excluding carboxylic acids is 1. The second kappa shape index (κ2) is 6.45. The first-order valence-electron chi connectivity index (χ1n) is 6.71. The molecule has 0 spiro atoms. The fraction of sp³-hybridized carbons (Fsp3) is 0.643. The van der Waals surface area contributed by atoms with Crippen LogP contribution in [0.25, 0.3) is 0 Å². The van der Waals surface area contributed by atoms with Crippen molar-refractivity contribution in [1.82, 2.24) is 4.90 Å². The van der Waals surface area contributed by atoms with Crippen LogP contribution in [0.5, 0.6) is 0 Å². The van der Waals surface area contributed by atoms with Gasteiger partial charge in [-0.25, -0.2) is 0 Å². The number of aryl methyl sites for hydroxylation is 1. The van der Waals surface area contributed by atoms with Gasteiger partial charge in [0, 0.05) is 17.5 Å². The Balaban J connectivity index is 1.95. The zero-order valence-electron chi connectivity index (χ0n) is 10.9. The smallest absolute Gasteiger partial charge is 0.186 e. The number of nitrogens with zero attached hydrogens (tertiary/aromatic N) is 1. The number of thiophene rings is 1. The number of hydrogen-bond donors (Lipinski definition) is 1. The Morgan fingerprint density at radius 1 is 1.50 bits per heavy atom. The summed E-state index contributed by atoms with van der Waals surface area (Å²) in [7, 11) is 0. The van der Waals surface area contributed by atoms with E-state index in [1.165, 1.54) is 11.3 Å². The molecule has 1 aliphatic rings. The molecule has 1 aliphatic carbocycles.